The van der Waals surface area contributed by atoms with Gasteiger partial charge >= 0.3 is 0 Å². The highest BCUT2D eigenvalue weighted by atomic mass is 32.2. The highest BCUT2D eigenvalue weighted by molar-refractivity contribution is 7.99. The molecule has 0 saturated carbocycles. The van der Waals surface area contributed by atoms with Gasteiger partial charge in [0.2, 0.25) is 11.8 Å². The Hall–Kier alpha value is -3.72. The zero-order valence-electron chi connectivity index (χ0n) is 21.7. The van der Waals surface area contributed by atoms with Crippen LogP contribution in [0.15, 0.2) is 78.9 Å². The fraction of sp³-hybridized carbons (Fsp3) is 0.310. The number of hydrogen-bond donors (Lipinski definition) is 1. The summed E-state index contributed by atoms with van der Waals surface area (Å²) in [5.41, 5.74) is 1.99. The van der Waals surface area contributed by atoms with Crippen LogP contribution in [0.1, 0.15) is 37.5 Å². The number of nitro benzene ring substituents is 1. The maximum absolute atomic E-state index is 13.6. The Morgan fingerprint density at radius 3 is 2.13 bits per heavy atom. The summed E-state index contributed by atoms with van der Waals surface area (Å²) in [4.78, 5) is 39.1. The van der Waals surface area contributed by atoms with Crippen LogP contribution >= 0.6 is 11.8 Å². The molecule has 1 atom stereocenters. The number of hydrogen-bond acceptors (Lipinski definition) is 5. The second-order valence-corrected chi connectivity index (χ2v) is 11.0. The molecule has 0 unspecified atom stereocenters. The molecule has 1 N–H and O–H groups in total. The smallest absolute Gasteiger partial charge is 0.269 e. The molecule has 0 fully saturated rings. The summed E-state index contributed by atoms with van der Waals surface area (Å²) >= 11 is 1.37. The van der Waals surface area contributed by atoms with E-state index in [9.17, 15) is 24.1 Å². The van der Waals surface area contributed by atoms with Crippen molar-refractivity contribution >= 4 is 29.3 Å². The zero-order chi connectivity index (χ0) is 27.7. The van der Waals surface area contributed by atoms with E-state index in [1.165, 1.54) is 36.0 Å². The minimum atomic E-state index is -0.783. The van der Waals surface area contributed by atoms with Crippen LogP contribution in [0.2, 0.25) is 0 Å². The third-order valence-corrected chi connectivity index (χ3v) is 6.67. The summed E-state index contributed by atoms with van der Waals surface area (Å²) < 4.78 is 13.6. The largest absolute Gasteiger partial charge is 0.350 e. The van der Waals surface area contributed by atoms with Crippen LogP contribution in [0.25, 0.3) is 0 Å². The van der Waals surface area contributed by atoms with Gasteiger partial charge in [-0.25, -0.2) is 4.39 Å². The highest BCUT2D eigenvalue weighted by Crippen LogP contribution is 2.20. The first kappa shape index (κ1) is 28.8. The molecule has 0 bridgehead atoms. The van der Waals surface area contributed by atoms with E-state index in [1.54, 1.807) is 29.2 Å². The lowest BCUT2D eigenvalue weighted by atomic mass is 10.0. The molecule has 200 valence electrons. The number of thioether (sulfide) groups is 1. The van der Waals surface area contributed by atoms with Crippen LogP contribution in [-0.2, 0) is 28.3 Å². The fourth-order valence-corrected chi connectivity index (χ4v) is 4.72. The number of halogens is 1. The predicted molar refractivity (Wildman–Crippen MR) is 148 cm³/mol. The lowest BCUT2D eigenvalue weighted by Crippen LogP contribution is -2.54. The van der Waals surface area contributed by atoms with E-state index in [0.717, 1.165) is 11.1 Å². The molecule has 0 aliphatic rings. The standard InChI is InChI=1S/C29H32FN3O4S/c1-29(2,3)31-28(35)26(17-21-7-5-4-6-8-21)32(18-22-9-13-24(30)14-10-22)27(34)20-38-19-23-11-15-25(16-12-23)33(36)37/h4-16,26H,17-20H2,1-3H3,(H,31,35)/t26-/m0/s1. The van der Waals surface area contributed by atoms with Crippen molar-refractivity contribution in [3.8, 4) is 0 Å². The van der Waals surface area contributed by atoms with Gasteiger partial charge < -0.3 is 10.2 Å². The van der Waals surface area contributed by atoms with E-state index in [2.05, 4.69) is 5.32 Å². The van der Waals surface area contributed by atoms with Crippen molar-refractivity contribution in [1.82, 2.24) is 10.2 Å². The van der Waals surface area contributed by atoms with E-state index in [-0.39, 0.29) is 35.6 Å². The van der Waals surface area contributed by atoms with Crippen LogP contribution in [0, 0.1) is 15.9 Å². The lowest BCUT2D eigenvalue weighted by molar-refractivity contribution is -0.384. The normalized spacial score (nSPS) is 12.0. The van der Waals surface area contributed by atoms with Gasteiger partial charge in [0.1, 0.15) is 11.9 Å². The molecule has 7 nitrogen and oxygen atoms in total. The molecule has 3 aromatic rings. The van der Waals surface area contributed by atoms with E-state index < -0.39 is 16.5 Å². The van der Waals surface area contributed by atoms with Crippen molar-refractivity contribution in [1.29, 1.82) is 0 Å². The molecule has 0 spiro atoms. The van der Waals surface area contributed by atoms with Crippen LogP contribution in [-0.4, -0.2) is 39.0 Å². The Bertz CT molecular complexity index is 1230. The molecule has 3 aromatic carbocycles. The molecule has 3 rings (SSSR count). The molecule has 2 amide bonds. The number of carbonyl (C=O) groups is 2. The second kappa shape index (κ2) is 13.2. The number of non-ortho nitro benzene ring substituents is 1. The fourth-order valence-electron chi connectivity index (χ4n) is 3.85. The number of benzene rings is 3. The molecule has 0 aromatic heterocycles. The molecular formula is C29H32FN3O4S. The first-order valence-electron chi connectivity index (χ1n) is 12.2. The van der Waals surface area contributed by atoms with Gasteiger partial charge in [0.15, 0.2) is 0 Å². The minimum Gasteiger partial charge on any atom is -0.350 e. The first-order valence-corrected chi connectivity index (χ1v) is 13.4. The Balaban J connectivity index is 1.83. The number of nitrogens with one attached hydrogen (secondary N) is 1. The summed E-state index contributed by atoms with van der Waals surface area (Å²) in [6, 6.07) is 20.8. The number of amides is 2. The minimum absolute atomic E-state index is 0.00825. The van der Waals surface area contributed by atoms with Crippen LogP contribution in [0.4, 0.5) is 10.1 Å². The van der Waals surface area contributed by atoms with Gasteiger partial charge in [-0.2, -0.15) is 0 Å². The molecular weight excluding hydrogens is 505 g/mol. The Kier molecular flexibility index (Phi) is 10.0. The maximum atomic E-state index is 13.6. The van der Waals surface area contributed by atoms with Gasteiger partial charge in [0.25, 0.3) is 5.69 Å². The number of carbonyl (C=O) groups excluding carboxylic acids is 2. The average molecular weight is 538 g/mol. The van der Waals surface area contributed by atoms with Crippen LogP contribution < -0.4 is 5.32 Å². The second-order valence-electron chi connectivity index (χ2n) is 10.0. The zero-order valence-corrected chi connectivity index (χ0v) is 22.5. The monoisotopic (exact) mass is 537 g/mol. The molecule has 0 radical (unpaired) electrons. The van der Waals surface area contributed by atoms with Gasteiger partial charge in [-0.05, 0) is 49.6 Å². The third-order valence-electron chi connectivity index (χ3n) is 5.68. The van der Waals surface area contributed by atoms with Crippen LogP contribution in [0.5, 0.6) is 0 Å². The van der Waals surface area contributed by atoms with E-state index in [0.29, 0.717) is 17.7 Å². The molecule has 0 aliphatic carbocycles. The molecule has 38 heavy (non-hydrogen) atoms. The lowest BCUT2D eigenvalue weighted by Gasteiger charge is -2.34. The van der Waals surface area contributed by atoms with Gasteiger partial charge in [-0.1, -0.05) is 54.6 Å². The summed E-state index contributed by atoms with van der Waals surface area (Å²) in [6.07, 6.45) is 0.322. The van der Waals surface area contributed by atoms with Crippen LogP contribution in [0.3, 0.4) is 0 Å². The Morgan fingerprint density at radius 2 is 1.55 bits per heavy atom. The van der Waals surface area contributed by atoms with E-state index in [1.807, 2.05) is 51.1 Å². The molecule has 0 aliphatic heterocycles. The molecule has 0 heterocycles. The van der Waals surface area contributed by atoms with Crippen molar-refractivity contribution in [2.75, 3.05) is 5.75 Å². The van der Waals surface area contributed by atoms with Crippen molar-refractivity contribution in [3.05, 3.63) is 111 Å². The Labute approximate surface area is 226 Å². The van der Waals surface area contributed by atoms with Gasteiger partial charge in [-0.3, -0.25) is 19.7 Å². The predicted octanol–water partition coefficient (Wildman–Crippen LogP) is 5.52. The number of rotatable bonds is 11. The topological polar surface area (TPSA) is 92.6 Å². The SMILES string of the molecule is CC(C)(C)NC(=O)[C@H](Cc1ccccc1)N(Cc1ccc(F)cc1)C(=O)CSCc1ccc([N+](=O)[O-])cc1. The molecule has 9 heteroatoms. The summed E-state index contributed by atoms with van der Waals surface area (Å²) in [7, 11) is 0. The number of nitrogens with zero attached hydrogens (tertiary/aromatic N) is 2. The van der Waals surface area contributed by atoms with E-state index in [4.69, 9.17) is 0 Å². The van der Waals surface area contributed by atoms with E-state index >= 15 is 0 Å². The summed E-state index contributed by atoms with van der Waals surface area (Å²) in [5, 5.41) is 13.9. The molecule has 0 saturated heterocycles. The average Bonchev–Trinajstić information content (AvgIpc) is 2.87. The van der Waals surface area contributed by atoms with Gasteiger partial charge in [0, 0.05) is 36.4 Å². The number of nitro groups is 1. The summed E-state index contributed by atoms with van der Waals surface area (Å²) in [6.45, 7) is 5.80. The maximum Gasteiger partial charge on any atom is 0.269 e. The van der Waals surface area contributed by atoms with Crippen molar-refractivity contribution < 1.29 is 18.9 Å². The Morgan fingerprint density at radius 1 is 0.947 bits per heavy atom. The summed E-state index contributed by atoms with van der Waals surface area (Å²) in [5.74, 6) is -0.294. The van der Waals surface area contributed by atoms with Gasteiger partial charge in [-0.15, -0.1) is 11.8 Å². The van der Waals surface area contributed by atoms with Crippen molar-refractivity contribution in [3.63, 3.8) is 0 Å². The highest BCUT2D eigenvalue weighted by Gasteiger charge is 2.32. The third kappa shape index (κ3) is 8.99. The van der Waals surface area contributed by atoms with Gasteiger partial charge in [0.05, 0.1) is 10.7 Å². The first-order chi connectivity index (χ1) is 18.0. The van der Waals surface area contributed by atoms with Crippen molar-refractivity contribution in [2.24, 2.45) is 0 Å². The van der Waals surface area contributed by atoms with Crippen molar-refractivity contribution in [2.45, 2.75) is 51.1 Å². The quantitative estimate of drug-likeness (QED) is 0.257.